The van der Waals surface area contributed by atoms with Gasteiger partial charge in [0.2, 0.25) is 0 Å². The van der Waals surface area contributed by atoms with Crippen LogP contribution >= 0.6 is 15.9 Å². The molecule has 0 fully saturated rings. The van der Waals surface area contributed by atoms with Crippen LogP contribution in [-0.4, -0.2) is 4.98 Å². The second-order valence-corrected chi connectivity index (χ2v) is 4.90. The molecular weight excluding hydrogens is 233 g/mol. The first-order chi connectivity index (χ1) is 5.82. The van der Waals surface area contributed by atoms with Gasteiger partial charge in [-0.15, -0.1) is 0 Å². The Bertz CT molecular complexity index is 328. The molecule has 0 saturated carbocycles. The van der Waals surface area contributed by atoms with E-state index in [1.807, 2.05) is 20.8 Å². The third kappa shape index (κ3) is 2.27. The highest BCUT2D eigenvalue weighted by atomic mass is 79.9. The SMILES string of the molecule is Cc1nc(Br)c(C(C)(C)C)cc1F. The molecule has 0 saturated heterocycles. The van der Waals surface area contributed by atoms with Crippen LogP contribution in [0.3, 0.4) is 0 Å². The maximum Gasteiger partial charge on any atom is 0.144 e. The molecule has 0 amide bonds. The summed E-state index contributed by atoms with van der Waals surface area (Å²) >= 11 is 3.34. The molecule has 72 valence electrons. The summed E-state index contributed by atoms with van der Waals surface area (Å²) in [6, 6.07) is 1.55. The van der Waals surface area contributed by atoms with Gasteiger partial charge in [0.25, 0.3) is 0 Å². The van der Waals surface area contributed by atoms with Gasteiger partial charge >= 0.3 is 0 Å². The molecule has 0 aromatic carbocycles. The molecule has 1 nitrogen and oxygen atoms in total. The molecule has 0 aliphatic carbocycles. The minimum Gasteiger partial charge on any atom is -0.243 e. The van der Waals surface area contributed by atoms with E-state index in [1.54, 1.807) is 13.0 Å². The van der Waals surface area contributed by atoms with Gasteiger partial charge in [-0.1, -0.05) is 20.8 Å². The van der Waals surface area contributed by atoms with Crippen LogP contribution in [0.4, 0.5) is 4.39 Å². The lowest BCUT2D eigenvalue weighted by atomic mass is 9.88. The van der Waals surface area contributed by atoms with E-state index in [9.17, 15) is 4.39 Å². The van der Waals surface area contributed by atoms with Crippen molar-refractivity contribution in [2.24, 2.45) is 0 Å². The van der Waals surface area contributed by atoms with Gasteiger partial charge in [-0.05, 0) is 39.9 Å². The maximum absolute atomic E-state index is 13.2. The van der Waals surface area contributed by atoms with Crippen molar-refractivity contribution in [2.75, 3.05) is 0 Å². The second kappa shape index (κ2) is 3.37. The van der Waals surface area contributed by atoms with Crippen molar-refractivity contribution in [1.29, 1.82) is 0 Å². The number of hydrogen-bond acceptors (Lipinski definition) is 1. The molecule has 1 aromatic rings. The molecule has 0 radical (unpaired) electrons. The Kier molecular flexibility index (Phi) is 2.76. The molecule has 0 atom stereocenters. The highest BCUT2D eigenvalue weighted by Gasteiger charge is 2.19. The summed E-state index contributed by atoms with van der Waals surface area (Å²) in [6.07, 6.45) is 0. The summed E-state index contributed by atoms with van der Waals surface area (Å²) < 4.78 is 13.9. The summed E-state index contributed by atoms with van der Waals surface area (Å²) in [7, 11) is 0. The minimum absolute atomic E-state index is 0.0830. The predicted octanol–water partition coefficient (Wildman–Crippen LogP) is 3.59. The number of hydrogen-bond donors (Lipinski definition) is 0. The van der Waals surface area contributed by atoms with Gasteiger partial charge in [0.1, 0.15) is 10.4 Å². The van der Waals surface area contributed by atoms with Gasteiger partial charge in [0, 0.05) is 0 Å². The van der Waals surface area contributed by atoms with Gasteiger partial charge < -0.3 is 0 Å². The normalized spacial score (nSPS) is 11.8. The third-order valence-corrected chi connectivity index (χ3v) is 2.52. The first-order valence-electron chi connectivity index (χ1n) is 4.15. The zero-order valence-corrected chi connectivity index (χ0v) is 9.87. The Labute approximate surface area is 86.5 Å². The van der Waals surface area contributed by atoms with Crippen molar-refractivity contribution in [3.05, 3.63) is 27.7 Å². The van der Waals surface area contributed by atoms with E-state index in [2.05, 4.69) is 20.9 Å². The highest BCUT2D eigenvalue weighted by molar-refractivity contribution is 9.10. The Morgan fingerprint density at radius 3 is 2.38 bits per heavy atom. The van der Waals surface area contributed by atoms with E-state index in [4.69, 9.17) is 0 Å². The summed E-state index contributed by atoms with van der Waals surface area (Å²) in [5.74, 6) is -0.242. The molecule has 0 aliphatic rings. The fourth-order valence-electron chi connectivity index (χ4n) is 1.08. The molecule has 0 bridgehead atoms. The summed E-state index contributed by atoms with van der Waals surface area (Å²) in [4.78, 5) is 4.08. The zero-order chi connectivity index (χ0) is 10.2. The topological polar surface area (TPSA) is 12.9 Å². The van der Waals surface area contributed by atoms with Crippen LogP contribution in [0.2, 0.25) is 0 Å². The smallest absolute Gasteiger partial charge is 0.144 e. The lowest BCUT2D eigenvalue weighted by molar-refractivity contribution is 0.557. The van der Waals surface area contributed by atoms with Gasteiger partial charge in [0.15, 0.2) is 0 Å². The molecule has 1 aromatic heterocycles. The summed E-state index contributed by atoms with van der Waals surface area (Å²) in [5, 5.41) is 0. The predicted molar refractivity (Wildman–Crippen MR) is 55.3 cm³/mol. The number of halogens is 2. The maximum atomic E-state index is 13.2. The number of nitrogens with zero attached hydrogens (tertiary/aromatic N) is 1. The van der Waals surface area contributed by atoms with Crippen LogP contribution in [-0.2, 0) is 5.41 Å². The monoisotopic (exact) mass is 245 g/mol. The Morgan fingerprint density at radius 2 is 1.92 bits per heavy atom. The standard InChI is InChI=1S/C10H13BrFN/c1-6-8(12)5-7(9(11)13-6)10(2,3)4/h5H,1-4H3. The van der Waals surface area contributed by atoms with E-state index >= 15 is 0 Å². The number of rotatable bonds is 0. The van der Waals surface area contributed by atoms with Crippen molar-refractivity contribution in [2.45, 2.75) is 33.1 Å². The largest absolute Gasteiger partial charge is 0.243 e. The molecule has 0 N–H and O–H groups in total. The van der Waals surface area contributed by atoms with Crippen molar-refractivity contribution >= 4 is 15.9 Å². The molecule has 13 heavy (non-hydrogen) atoms. The molecule has 0 aliphatic heterocycles. The van der Waals surface area contributed by atoms with Crippen LogP contribution < -0.4 is 0 Å². The summed E-state index contributed by atoms with van der Waals surface area (Å²) in [6.45, 7) is 7.75. The van der Waals surface area contributed by atoms with E-state index in [1.165, 1.54) is 0 Å². The quantitative estimate of drug-likeness (QED) is 0.637. The van der Waals surface area contributed by atoms with E-state index < -0.39 is 0 Å². The minimum atomic E-state index is -0.242. The van der Waals surface area contributed by atoms with Crippen molar-refractivity contribution < 1.29 is 4.39 Å². The Balaban J connectivity index is 3.32. The number of pyridine rings is 1. The zero-order valence-electron chi connectivity index (χ0n) is 8.28. The average Bonchev–Trinajstić information content (AvgIpc) is 1.94. The van der Waals surface area contributed by atoms with E-state index in [0.717, 1.165) is 10.2 Å². The molecule has 0 unspecified atom stereocenters. The first-order valence-corrected chi connectivity index (χ1v) is 4.95. The number of aryl methyl sites for hydroxylation is 1. The van der Waals surface area contributed by atoms with Crippen LogP contribution in [0.1, 0.15) is 32.0 Å². The van der Waals surface area contributed by atoms with Crippen LogP contribution in [0.15, 0.2) is 10.7 Å². The molecular formula is C10H13BrFN. The van der Waals surface area contributed by atoms with Gasteiger partial charge in [-0.3, -0.25) is 0 Å². The van der Waals surface area contributed by atoms with E-state index in [-0.39, 0.29) is 11.2 Å². The molecule has 1 rings (SSSR count). The van der Waals surface area contributed by atoms with E-state index in [0.29, 0.717) is 5.69 Å². The molecule has 1 heterocycles. The van der Waals surface area contributed by atoms with Gasteiger partial charge in [-0.25, -0.2) is 9.37 Å². The van der Waals surface area contributed by atoms with Crippen LogP contribution in [0.5, 0.6) is 0 Å². The third-order valence-electron chi connectivity index (χ3n) is 1.91. The van der Waals surface area contributed by atoms with Crippen molar-refractivity contribution in [1.82, 2.24) is 4.98 Å². The van der Waals surface area contributed by atoms with Crippen molar-refractivity contribution in [3.8, 4) is 0 Å². The van der Waals surface area contributed by atoms with Gasteiger partial charge in [-0.2, -0.15) is 0 Å². The Morgan fingerprint density at radius 1 is 1.38 bits per heavy atom. The average molecular weight is 246 g/mol. The molecule has 0 spiro atoms. The number of aromatic nitrogens is 1. The lowest BCUT2D eigenvalue weighted by Gasteiger charge is -2.20. The summed E-state index contributed by atoms with van der Waals surface area (Å²) in [5.41, 5.74) is 1.25. The fourth-order valence-corrected chi connectivity index (χ4v) is 2.05. The van der Waals surface area contributed by atoms with Crippen LogP contribution in [0, 0.1) is 12.7 Å². The second-order valence-electron chi connectivity index (χ2n) is 4.14. The molecule has 3 heteroatoms. The Hall–Kier alpha value is -0.440. The fraction of sp³-hybridized carbons (Fsp3) is 0.500. The van der Waals surface area contributed by atoms with Gasteiger partial charge in [0.05, 0.1) is 5.69 Å². The highest BCUT2D eigenvalue weighted by Crippen LogP contribution is 2.29. The van der Waals surface area contributed by atoms with Crippen LogP contribution in [0.25, 0.3) is 0 Å². The lowest BCUT2D eigenvalue weighted by Crippen LogP contribution is -2.13. The first kappa shape index (κ1) is 10.6. The van der Waals surface area contributed by atoms with Crippen molar-refractivity contribution in [3.63, 3.8) is 0 Å².